The number of methoxy groups -OCH3 is 1. The molecule has 2 heterocycles. The highest BCUT2D eigenvalue weighted by Crippen LogP contribution is 2.43. The number of ether oxygens (including phenoxy) is 2. The molecule has 7 nitrogen and oxygen atoms in total. The Bertz CT molecular complexity index is 512. The Morgan fingerprint density at radius 2 is 2.48 bits per heavy atom. The van der Waals surface area contributed by atoms with Crippen LogP contribution in [-0.2, 0) is 14.3 Å². The molecule has 21 heavy (non-hydrogen) atoms. The van der Waals surface area contributed by atoms with Crippen molar-refractivity contribution in [2.24, 2.45) is 11.8 Å². The van der Waals surface area contributed by atoms with Crippen molar-refractivity contribution < 1.29 is 14.3 Å². The molecule has 1 aromatic rings. The fourth-order valence-electron chi connectivity index (χ4n) is 3.07. The summed E-state index contributed by atoms with van der Waals surface area (Å²) in [7, 11) is 1.68. The minimum Gasteiger partial charge on any atom is -0.384 e. The normalized spacial score (nSPS) is 30.7. The van der Waals surface area contributed by atoms with E-state index in [-0.39, 0.29) is 24.0 Å². The second kappa shape index (κ2) is 6.47. The van der Waals surface area contributed by atoms with E-state index in [4.69, 9.17) is 15.2 Å². The molecular weight excluding hydrogens is 312 g/mol. The lowest BCUT2D eigenvalue weighted by atomic mass is 9.67. The molecule has 116 valence electrons. The number of thioether (sulfide) groups is 1. The fourth-order valence-corrected chi connectivity index (χ4v) is 4.52. The monoisotopic (exact) mass is 330 g/mol. The van der Waals surface area contributed by atoms with Crippen LogP contribution in [-0.4, -0.2) is 54.3 Å². The van der Waals surface area contributed by atoms with Crippen LogP contribution in [0.1, 0.15) is 6.42 Å². The van der Waals surface area contributed by atoms with E-state index in [1.165, 1.54) is 23.1 Å². The third-order valence-corrected chi connectivity index (χ3v) is 5.85. The van der Waals surface area contributed by atoms with Crippen LogP contribution in [0, 0.1) is 11.8 Å². The summed E-state index contributed by atoms with van der Waals surface area (Å²) in [6, 6.07) is 0.157. The van der Waals surface area contributed by atoms with E-state index in [2.05, 4.69) is 15.5 Å². The Labute approximate surface area is 131 Å². The third kappa shape index (κ3) is 3.15. The van der Waals surface area contributed by atoms with E-state index in [9.17, 15) is 4.79 Å². The second-order valence-corrected chi connectivity index (χ2v) is 7.43. The zero-order chi connectivity index (χ0) is 14.8. The van der Waals surface area contributed by atoms with Crippen molar-refractivity contribution in [3.63, 3.8) is 0 Å². The number of carbonyl (C=O) groups is 1. The first-order valence-electron chi connectivity index (χ1n) is 6.80. The number of rotatable bonds is 6. The molecule has 1 aliphatic carbocycles. The minimum atomic E-state index is 0.00484. The molecule has 3 rings (SSSR count). The zero-order valence-corrected chi connectivity index (χ0v) is 13.3. The number of hydrogen-bond acceptors (Lipinski definition) is 8. The number of nitrogens with one attached hydrogen (secondary N) is 1. The number of fused-ring (bicyclic) bond motifs is 1. The number of carbonyl (C=O) groups excluding carboxylic acids is 1. The summed E-state index contributed by atoms with van der Waals surface area (Å²) in [5.41, 5.74) is 5.51. The number of anilines is 1. The van der Waals surface area contributed by atoms with E-state index < -0.39 is 0 Å². The van der Waals surface area contributed by atoms with Crippen LogP contribution in [0.5, 0.6) is 0 Å². The maximum atomic E-state index is 12.1. The van der Waals surface area contributed by atoms with Gasteiger partial charge >= 0.3 is 0 Å². The van der Waals surface area contributed by atoms with Gasteiger partial charge in [0.1, 0.15) is 0 Å². The summed E-state index contributed by atoms with van der Waals surface area (Å²) in [6.07, 6.45) is 1.25. The Kier molecular flexibility index (Phi) is 4.63. The van der Waals surface area contributed by atoms with Crippen molar-refractivity contribution in [1.82, 2.24) is 15.5 Å². The molecule has 1 amide bonds. The van der Waals surface area contributed by atoms with E-state index >= 15 is 0 Å². The maximum Gasteiger partial charge on any atom is 0.230 e. The van der Waals surface area contributed by atoms with Gasteiger partial charge in [-0.25, -0.2) is 0 Å². The molecule has 4 unspecified atom stereocenters. The molecule has 4 atom stereocenters. The lowest BCUT2D eigenvalue weighted by Crippen LogP contribution is -2.63. The van der Waals surface area contributed by atoms with Crippen LogP contribution in [0.3, 0.4) is 0 Å². The maximum absolute atomic E-state index is 12.1. The number of amides is 1. The molecule has 1 aromatic heterocycles. The van der Waals surface area contributed by atoms with E-state index in [0.717, 1.165) is 13.0 Å². The lowest BCUT2D eigenvalue weighted by molar-refractivity contribution is -0.127. The standard InChI is InChI=1S/C12H18N4O3S2/c1-18-4-7-9(6-2-3-19-10(6)7)14-8(17)5-20-12-16-15-11(13)21-12/h6-7,9-10H,2-5H2,1H3,(H2,13,15)(H,14,17). The predicted molar refractivity (Wildman–Crippen MR) is 80.2 cm³/mol. The first-order valence-corrected chi connectivity index (χ1v) is 8.61. The number of nitrogen functional groups attached to an aromatic ring is 1. The van der Waals surface area contributed by atoms with Gasteiger partial charge in [0, 0.05) is 31.6 Å². The van der Waals surface area contributed by atoms with Crippen LogP contribution in [0.2, 0.25) is 0 Å². The van der Waals surface area contributed by atoms with Gasteiger partial charge in [0.25, 0.3) is 0 Å². The summed E-state index contributed by atoms with van der Waals surface area (Å²) in [4.78, 5) is 12.1. The zero-order valence-electron chi connectivity index (χ0n) is 11.7. The van der Waals surface area contributed by atoms with Gasteiger partial charge in [-0.05, 0) is 6.42 Å². The quantitative estimate of drug-likeness (QED) is 0.727. The van der Waals surface area contributed by atoms with Crippen LogP contribution >= 0.6 is 23.1 Å². The summed E-state index contributed by atoms with van der Waals surface area (Å²) in [5.74, 6) is 1.01. The number of nitrogens with zero attached hydrogens (tertiary/aromatic N) is 2. The summed E-state index contributed by atoms with van der Waals surface area (Å²) in [5, 5.41) is 11.1. The molecule has 2 fully saturated rings. The van der Waals surface area contributed by atoms with Gasteiger partial charge < -0.3 is 20.5 Å². The molecule has 2 aliphatic rings. The van der Waals surface area contributed by atoms with E-state index in [1.54, 1.807) is 7.11 Å². The SMILES string of the molecule is COCC1C(NC(=O)CSc2nnc(N)s2)C2CCOC21. The average molecular weight is 330 g/mol. The summed E-state index contributed by atoms with van der Waals surface area (Å²) >= 11 is 2.65. The highest BCUT2D eigenvalue weighted by molar-refractivity contribution is 8.01. The summed E-state index contributed by atoms with van der Waals surface area (Å²) in [6.45, 7) is 1.40. The number of aromatic nitrogens is 2. The molecule has 0 spiro atoms. The van der Waals surface area contributed by atoms with Gasteiger partial charge in [0.05, 0.1) is 18.5 Å². The highest BCUT2D eigenvalue weighted by atomic mass is 32.2. The van der Waals surface area contributed by atoms with Crippen molar-refractivity contribution >= 4 is 34.1 Å². The molecular formula is C12H18N4O3S2. The molecule has 3 N–H and O–H groups in total. The van der Waals surface area contributed by atoms with Gasteiger partial charge in [-0.3, -0.25) is 4.79 Å². The average Bonchev–Trinajstić information content (AvgIpc) is 3.07. The van der Waals surface area contributed by atoms with Crippen molar-refractivity contribution in [2.45, 2.75) is 22.9 Å². The Morgan fingerprint density at radius 1 is 1.62 bits per heavy atom. The molecule has 0 radical (unpaired) electrons. The van der Waals surface area contributed by atoms with Crippen LogP contribution < -0.4 is 11.1 Å². The van der Waals surface area contributed by atoms with Gasteiger partial charge in [0.15, 0.2) is 4.34 Å². The smallest absolute Gasteiger partial charge is 0.230 e. The first-order chi connectivity index (χ1) is 10.2. The second-order valence-electron chi connectivity index (χ2n) is 5.20. The molecule has 1 saturated heterocycles. The van der Waals surface area contributed by atoms with Gasteiger partial charge in [-0.2, -0.15) is 0 Å². The highest BCUT2D eigenvalue weighted by Gasteiger charge is 2.54. The molecule has 9 heteroatoms. The van der Waals surface area contributed by atoms with Gasteiger partial charge in [0.2, 0.25) is 11.0 Å². The van der Waals surface area contributed by atoms with Gasteiger partial charge in [-0.1, -0.05) is 23.1 Å². The van der Waals surface area contributed by atoms with Crippen LogP contribution in [0.15, 0.2) is 4.34 Å². The third-order valence-electron chi connectivity index (χ3n) is 3.96. The lowest BCUT2D eigenvalue weighted by Gasteiger charge is -2.47. The summed E-state index contributed by atoms with van der Waals surface area (Å²) < 4.78 is 11.6. The Hall–Kier alpha value is -0.900. The number of hydrogen-bond donors (Lipinski definition) is 2. The first kappa shape index (κ1) is 15.0. The van der Waals surface area contributed by atoms with Gasteiger partial charge in [-0.15, -0.1) is 10.2 Å². The van der Waals surface area contributed by atoms with Crippen LogP contribution in [0.25, 0.3) is 0 Å². The van der Waals surface area contributed by atoms with Crippen molar-refractivity contribution in [1.29, 1.82) is 0 Å². The Balaban J connectivity index is 1.49. The molecule has 1 saturated carbocycles. The largest absolute Gasteiger partial charge is 0.384 e. The Morgan fingerprint density at radius 3 is 3.19 bits per heavy atom. The van der Waals surface area contributed by atoms with Crippen molar-refractivity contribution in [3.05, 3.63) is 0 Å². The molecule has 0 bridgehead atoms. The number of nitrogens with two attached hydrogens (primary N) is 1. The molecule has 1 aliphatic heterocycles. The fraction of sp³-hybridized carbons (Fsp3) is 0.750. The van der Waals surface area contributed by atoms with Crippen molar-refractivity contribution in [3.8, 4) is 0 Å². The van der Waals surface area contributed by atoms with Crippen LogP contribution in [0.4, 0.5) is 5.13 Å². The van der Waals surface area contributed by atoms with E-state index in [1.807, 2.05) is 0 Å². The molecule has 0 aromatic carbocycles. The van der Waals surface area contributed by atoms with Crippen molar-refractivity contribution in [2.75, 3.05) is 31.8 Å². The minimum absolute atomic E-state index is 0.00484. The topological polar surface area (TPSA) is 99.4 Å². The predicted octanol–water partition coefficient (Wildman–Crippen LogP) is 0.379. The van der Waals surface area contributed by atoms with E-state index in [0.29, 0.717) is 27.7 Å².